The van der Waals surface area contributed by atoms with Crippen LogP contribution in [0.15, 0.2) is 48.5 Å². The van der Waals surface area contributed by atoms with Crippen molar-refractivity contribution in [3.63, 3.8) is 0 Å². The molecule has 4 nitrogen and oxygen atoms in total. The van der Waals surface area contributed by atoms with Crippen molar-refractivity contribution < 1.29 is 18.8 Å². The third kappa shape index (κ3) is 3.45. The van der Waals surface area contributed by atoms with Gasteiger partial charge in [-0.25, -0.2) is 0 Å². The molecule has 0 amide bonds. The van der Waals surface area contributed by atoms with E-state index in [4.69, 9.17) is 18.8 Å². The minimum atomic E-state index is -0.420. The van der Waals surface area contributed by atoms with Gasteiger partial charge in [0.2, 0.25) is 0 Å². The van der Waals surface area contributed by atoms with Crippen molar-refractivity contribution >= 4 is 12.6 Å². The second kappa shape index (κ2) is 6.83. The summed E-state index contributed by atoms with van der Waals surface area (Å²) in [5.41, 5.74) is 2.26. The number of benzene rings is 2. The monoisotopic (exact) mass is 340 g/mol. The van der Waals surface area contributed by atoms with E-state index in [1.165, 1.54) is 0 Å². The van der Waals surface area contributed by atoms with Crippen LogP contribution < -0.4 is 10.2 Å². The molecule has 0 aromatic heterocycles. The fraction of sp³-hybridized carbons (Fsp3) is 0.400. The molecule has 2 aromatic rings. The Morgan fingerprint density at radius 2 is 1.40 bits per heavy atom. The maximum Gasteiger partial charge on any atom is 0.495 e. The van der Waals surface area contributed by atoms with Crippen LogP contribution >= 0.6 is 0 Å². The van der Waals surface area contributed by atoms with Crippen LogP contribution in [0.25, 0.3) is 11.1 Å². The summed E-state index contributed by atoms with van der Waals surface area (Å²) in [6.07, 6.45) is 0. The molecule has 2 aromatic carbocycles. The molecule has 1 saturated heterocycles. The van der Waals surface area contributed by atoms with E-state index >= 15 is 0 Å². The standard InChI is InChI=1S/C20H25BO4/c1-19(2)20(3,4)25-21(24-19)17-12-8-6-10-15(17)16-11-7-9-13-18(16)23-14-22-5/h6-13H,14H2,1-5H3. The molecule has 0 N–H and O–H groups in total. The van der Waals surface area contributed by atoms with Gasteiger partial charge in [0.05, 0.1) is 11.2 Å². The van der Waals surface area contributed by atoms with Crippen molar-refractivity contribution in [3.8, 4) is 16.9 Å². The molecule has 3 rings (SSSR count). The van der Waals surface area contributed by atoms with E-state index in [1.54, 1.807) is 7.11 Å². The van der Waals surface area contributed by atoms with E-state index in [0.717, 1.165) is 22.3 Å². The molecule has 0 spiro atoms. The lowest BCUT2D eigenvalue weighted by molar-refractivity contribution is 0.00578. The van der Waals surface area contributed by atoms with Gasteiger partial charge in [-0.1, -0.05) is 42.5 Å². The lowest BCUT2D eigenvalue weighted by Crippen LogP contribution is -2.41. The Bertz CT molecular complexity index is 726. The third-order valence-electron chi connectivity index (χ3n) is 4.98. The average molecular weight is 340 g/mol. The lowest BCUT2D eigenvalue weighted by atomic mass is 9.74. The molecular weight excluding hydrogens is 315 g/mol. The van der Waals surface area contributed by atoms with Crippen LogP contribution in [-0.4, -0.2) is 32.2 Å². The number of hydrogen-bond donors (Lipinski definition) is 0. The van der Waals surface area contributed by atoms with Crippen LogP contribution in [0.4, 0.5) is 0 Å². The van der Waals surface area contributed by atoms with E-state index in [0.29, 0.717) is 0 Å². The predicted octanol–water partition coefficient (Wildman–Crippen LogP) is 3.64. The maximum atomic E-state index is 6.25. The van der Waals surface area contributed by atoms with Crippen LogP contribution in [0, 0.1) is 0 Å². The van der Waals surface area contributed by atoms with E-state index in [-0.39, 0.29) is 18.0 Å². The summed E-state index contributed by atoms with van der Waals surface area (Å²) in [7, 11) is 1.19. The van der Waals surface area contributed by atoms with Gasteiger partial charge in [0.15, 0.2) is 6.79 Å². The summed E-state index contributed by atoms with van der Waals surface area (Å²) in [6.45, 7) is 8.45. The van der Waals surface area contributed by atoms with Crippen LogP contribution in [0.5, 0.6) is 5.75 Å². The summed E-state index contributed by atoms with van der Waals surface area (Å²) >= 11 is 0. The first kappa shape index (κ1) is 18.0. The molecule has 5 heteroatoms. The highest BCUT2D eigenvalue weighted by atomic mass is 16.7. The first-order valence-electron chi connectivity index (χ1n) is 8.51. The van der Waals surface area contributed by atoms with E-state index < -0.39 is 7.12 Å². The summed E-state index contributed by atoms with van der Waals surface area (Å²) in [4.78, 5) is 0. The second-order valence-corrected chi connectivity index (χ2v) is 7.22. The molecule has 0 saturated carbocycles. The zero-order valence-corrected chi connectivity index (χ0v) is 15.5. The van der Waals surface area contributed by atoms with Crippen LogP contribution in [0.2, 0.25) is 0 Å². The van der Waals surface area contributed by atoms with Gasteiger partial charge in [0.25, 0.3) is 0 Å². The SMILES string of the molecule is COCOc1ccccc1-c1ccccc1B1OC(C)(C)C(C)(C)O1. The summed E-state index contributed by atoms with van der Waals surface area (Å²) < 4.78 is 23.3. The molecule has 1 heterocycles. The number of ether oxygens (including phenoxy) is 2. The molecule has 0 aliphatic carbocycles. The number of hydrogen-bond acceptors (Lipinski definition) is 4. The summed E-state index contributed by atoms with van der Waals surface area (Å²) in [6, 6.07) is 16.0. The third-order valence-corrected chi connectivity index (χ3v) is 4.98. The van der Waals surface area contributed by atoms with Crippen molar-refractivity contribution in [1.29, 1.82) is 0 Å². The van der Waals surface area contributed by atoms with Crippen molar-refractivity contribution in [1.82, 2.24) is 0 Å². The Kier molecular flexibility index (Phi) is 4.91. The second-order valence-electron chi connectivity index (χ2n) is 7.22. The topological polar surface area (TPSA) is 36.9 Å². The van der Waals surface area contributed by atoms with Gasteiger partial charge in [0, 0.05) is 12.7 Å². The first-order valence-corrected chi connectivity index (χ1v) is 8.51. The fourth-order valence-electron chi connectivity index (χ4n) is 2.86. The molecule has 0 unspecified atom stereocenters. The van der Waals surface area contributed by atoms with Gasteiger partial charge >= 0.3 is 7.12 Å². The van der Waals surface area contributed by atoms with E-state index in [1.807, 2.05) is 42.5 Å². The molecule has 0 radical (unpaired) electrons. The normalized spacial score (nSPS) is 18.4. The van der Waals surface area contributed by atoms with Gasteiger partial charge in [0.1, 0.15) is 5.75 Å². The smallest absolute Gasteiger partial charge is 0.467 e. The van der Waals surface area contributed by atoms with Crippen molar-refractivity contribution in [2.45, 2.75) is 38.9 Å². The van der Waals surface area contributed by atoms with E-state index in [9.17, 15) is 0 Å². The minimum Gasteiger partial charge on any atom is -0.467 e. The fourth-order valence-corrected chi connectivity index (χ4v) is 2.86. The molecular formula is C20H25BO4. The highest BCUT2D eigenvalue weighted by Crippen LogP contribution is 2.38. The Hall–Kier alpha value is -1.82. The summed E-state index contributed by atoms with van der Waals surface area (Å²) in [5, 5.41) is 0. The van der Waals surface area contributed by atoms with Gasteiger partial charge in [-0.05, 0) is 44.8 Å². The maximum absolute atomic E-state index is 6.25. The van der Waals surface area contributed by atoms with Crippen molar-refractivity contribution in [2.75, 3.05) is 13.9 Å². The van der Waals surface area contributed by atoms with Crippen molar-refractivity contribution in [2.24, 2.45) is 0 Å². The molecule has 1 fully saturated rings. The largest absolute Gasteiger partial charge is 0.495 e. The van der Waals surface area contributed by atoms with Crippen LogP contribution in [0.3, 0.4) is 0 Å². The zero-order valence-electron chi connectivity index (χ0n) is 15.5. The highest BCUT2D eigenvalue weighted by molar-refractivity contribution is 6.63. The Labute approximate surface area is 150 Å². The number of methoxy groups -OCH3 is 1. The molecule has 0 bridgehead atoms. The average Bonchev–Trinajstić information content (AvgIpc) is 2.81. The van der Waals surface area contributed by atoms with Gasteiger partial charge in [-0.15, -0.1) is 0 Å². The molecule has 0 atom stereocenters. The zero-order chi connectivity index (χ0) is 18.1. The molecule has 1 aliphatic heterocycles. The van der Waals surface area contributed by atoms with Gasteiger partial charge < -0.3 is 18.8 Å². The Balaban J connectivity index is 2.01. The Morgan fingerprint density at radius 1 is 0.840 bits per heavy atom. The number of rotatable bonds is 5. The number of para-hydroxylation sites is 1. The van der Waals surface area contributed by atoms with Crippen molar-refractivity contribution in [3.05, 3.63) is 48.5 Å². The van der Waals surface area contributed by atoms with Crippen LogP contribution in [0.1, 0.15) is 27.7 Å². The highest BCUT2D eigenvalue weighted by Gasteiger charge is 2.52. The quantitative estimate of drug-likeness (QED) is 0.615. The molecule has 132 valence electrons. The minimum absolute atomic E-state index is 0.204. The molecule has 1 aliphatic rings. The molecule has 25 heavy (non-hydrogen) atoms. The van der Waals surface area contributed by atoms with Gasteiger partial charge in [-0.3, -0.25) is 0 Å². The van der Waals surface area contributed by atoms with Crippen LogP contribution in [-0.2, 0) is 14.0 Å². The Morgan fingerprint density at radius 3 is 2.04 bits per heavy atom. The first-order chi connectivity index (χ1) is 11.9. The summed E-state index contributed by atoms with van der Waals surface area (Å²) in [5.74, 6) is 0.772. The predicted molar refractivity (Wildman–Crippen MR) is 100 cm³/mol. The van der Waals surface area contributed by atoms with Gasteiger partial charge in [-0.2, -0.15) is 0 Å². The van der Waals surface area contributed by atoms with E-state index in [2.05, 4.69) is 33.8 Å². The lowest BCUT2D eigenvalue weighted by Gasteiger charge is -2.32.